The van der Waals surface area contributed by atoms with Crippen LogP contribution in [0.5, 0.6) is 0 Å². The van der Waals surface area contributed by atoms with Gasteiger partial charge in [0.25, 0.3) is 0 Å². The van der Waals surface area contributed by atoms with E-state index in [4.69, 9.17) is 0 Å². The predicted molar refractivity (Wildman–Crippen MR) is 29.6 cm³/mol. The fourth-order valence-electron chi connectivity index (χ4n) is 0.218. The number of alkyl halides is 4. The Balaban J connectivity index is 0. The molecule has 0 saturated heterocycles. The monoisotopic (exact) mass is 162 g/mol. The molecule has 64 valence electrons. The Hall–Kier alpha value is -0.320. The van der Waals surface area contributed by atoms with Crippen LogP contribution < -0.4 is 0 Å². The third-order valence-corrected chi connectivity index (χ3v) is 0.470. The Bertz CT molecular complexity index is 61.2. The second-order valence-electron chi connectivity index (χ2n) is 1.25. The molecule has 0 N–H and O–H groups in total. The first-order valence-electron chi connectivity index (χ1n) is 2.58. The highest BCUT2D eigenvalue weighted by molar-refractivity contribution is 4.43. The summed E-state index contributed by atoms with van der Waals surface area (Å²) in [5, 5.41) is 0. The number of hydrogen-bond donors (Lipinski definition) is 0. The van der Waals surface area contributed by atoms with Crippen LogP contribution in [0.15, 0.2) is 0 Å². The van der Waals surface area contributed by atoms with E-state index in [1.165, 1.54) is 6.92 Å². The molecule has 10 heavy (non-hydrogen) atoms. The molecule has 0 saturated carbocycles. The number of rotatable bonds is 2. The molecule has 0 heterocycles. The number of halogens is 4. The fourth-order valence-corrected chi connectivity index (χ4v) is 0.218. The van der Waals surface area contributed by atoms with Gasteiger partial charge in [0.2, 0.25) is 0 Å². The second kappa shape index (κ2) is 6.80. The molecule has 0 radical (unpaired) electrons. The molecule has 0 fully saturated rings. The van der Waals surface area contributed by atoms with Gasteiger partial charge in [-0.25, -0.2) is 0 Å². The average Bonchev–Trinajstić information content (AvgIpc) is 1.87. The molecule has 0 unspecified atom stereocenters. The standard InChI is InChI=1S/C4H7F3O.CH3F/c1-2-8-3-4(5,6)7;1-2/h2-3H2,1H3;1H3. The van der Waals surface area contributed by atoms with Crippen LogP contribution >= 0.6 is 0 Å². The minimum Gasteiger partial charge on any atom is -0.372 e. The van der Waals surface area contributed by atoms with Crippen molar-refractivity contribution in [2.75, 3.05) is 20.4 Å². The summed E-state index contributed by atoms with van der Waals surface area (Å²) >= 11 is 0. The van der Waals surface area contributed by atoms with Gasteiger partial charge in [-0.3, -0.25) is 4.39 Å². The van der Waals surface area contributed by atoms with Gasteiger partial charge < -0.3 is 4.74 Å². The molecule has 0 amide bonds. The number of hydrogen-bond acceptors (Lipinski definition) is 1. The summed E-state index contributed by atoms with van der Waals surface area (Å²) in [4.78, 5) is 0. The Labute approximate surface area is 57.0 Å². The first-order chi connectivity index (χ1) is 4.56. The van der Waals surface area contributed by atoms with Gasteiger partial charge in [0, 0.05) is 6.61 Å². The lowest BCUT2D eigenvalue weighted by atomic mass is 10.7. The van der Waals surface area contributed by atoms with E-state index in [0.717, 1.165) is 0 Å². The summed E-state index contributed by atoms with van der Waals surface area (Å²) in [5.74, 6) is 0. The van der Waals surface area contributed by atoms with E-state index >= 15 is 0 Å². The van der Waals surface area contributed by atoms with Gasteiger partial charge in [-0.15, -0.1) is 0 Å². The number of ether oxygens (including phenoxy) is 1. The molecular formula is C5H10F4O. The highest BCUT2D eigenvalue weighted by atomic mass is 19.4. The molecule has 1 nitrogen and oxygen atoms in total. The summed E-state index contributed by atoms with van der Waals surface area (Å²) in [6, 6.07) is 0. The summed E-state index contributed by atoms with van der Waals surface area (Å²) in [6.07, 6.45) is -4.17. The van der Waals surface area contributed by atoms with E-state index < -0.39 is 12.8 Å². The zero-order valence-electron chi connectivity index (χ0n) is 5.83. The van der Waals surface area contributed by atoms with Crippen molar-refractivity contribution in [1.29, 1.82) is 0 Å². The third kappa shape index (κ3) is 15.6. The van der Waals surface area contributed by atoms with Crippen molar-refractivity contribution in [2.24, 2.45) is 0 Å². The lowest BCUT2D eigenvalue weighted by molar-refractivity contribution is -0.172. The summed E-state index contributed by atoms with van der Waals surface area (Å²) < 4.78 is 46.9. The van der Waals surface area contributed by atoms with Gasteiger partial charge >= 0.3 is 6.18 Å². The Kier molecular flexibility index (Phi) is 8.40. The van der Waals surface area contributed by atoms with E-state index in [9.17, 15) is 17.6 Å². The predicted octanol–water partition coefficient (Wildman–Crippen LogP) is 2.17. The maximum Gasteiger partial charge on any atom is 0.411 e. The molecule has 0 aromatic rings. The zero-order chi connectivity index (χ0) is 8.62. The minimum atomic E-state index is -4.17. The molecule has 0 aromatic carbocycles. The molecule has 0 aliphatic rings. The van der Waals surface area contributed by atoms with E-state index in [0.29, 0.717) is 7.18 Å². The lowest BCUT2D eigenvalue weighted by Gasteiger charge is -2.03. The van der Waals surface area contributed by atoms with Crippen LogP contribution in [0.25, 0.3) is 0 Å². The van der Waals surface area contributed by atoms with Crippen LogP contribution in [0, 0.1) is 0 Å². The topological polar surface area (TPSA) is 9.23 Å². The van der Waals surface area contributed by atoms with Crippen molar-refractivity contribution in [3.8, 4) is 0 Å². The first kappa shape index (κ1) is 12.4. The van der Waals surface area contributed by atoms with Gasteiger partial charge in [0.05, 0.1) is 7.18 Å². The van der Waals surface area contributed by atoms with Crippen molar-refractivity contribution in [3.05, 3.63) is 0 Å². The van der Waals surface area contributed by atoms with Crippen LogP contribution in [0.1, 0.15) is 6.92 Å². The Morgan fingerprint density at radius 3 is 1.70 bits per heavy atom. The van der Waals surface area contributed by atoms with Crippen molar-refractivity contribution < 1.29 is 22.3 Å². The molecule has 0 aliphatic carbocycles. The molecular weight excluding hydrogens is 152 g/mol. The maximum atomic E-state index is 11.1. The normalized spacial score (nSPS) is 10.2. The molecule has 0 spiro atoms. The van der Waals surface area contributed by atoms with Crippen LogP contribution in [-0.2, 0) is 4.74 Å². The molecule has 0 rings (SSSR count). The van der Waals surface area contributed by atoms with Crippen molar-refractivity contribution in [1.82, 2.24) is 0 Å². The van der Waals surface area contributed by atoms with Gasteiger partial charge in [0.1, 0.15) is 6.61 Å². The molecule has 0 bridgehead atoms. The van der Waals surface area contributed by atoms with E-state index in [-0.39, 0.29) is 6.61 Å². The van der Waals surface area contributed by atoms with Crippen LogP contribution in [0.3, 0.4) is 0 Å². The summed E-state index contributed by atoms with van der Waals surface area (Å²) in [7, 11) is 0.500. The van der Waals surface area contributed by atoms with Gasteiger partial charge in [-0.05, 0) is 6.92 Å². The van der Waals surface area contributed by atoms with Gasteiger partial charge in [-0.2, -0.15) is 13.2 Å². The van der Waals surface area contributed by atoms with E-state index in [1.54, 1.807) is 0 Å². The first-order valence-corrected chi connectivity index (χ1v) is 2.58. The van der Waals surface area contributed by atoms with Crippen molar-refractivity contribution in [3.63, 3.8) is 0 Å². The Morgan fingerprint density at radius 2 is 1.60 bits per heavy atom. The lowest BCUT2D eigenvalue weighted by Crippen LogP contribution is -2.16. The van der Waals surface area contributed by atoms with Crippen molar-refractivity contribution >= 4 is 0 Å². The summed E-state index contributed by atoms with van der Waals surface area (Å²) in [5.41, 5.74) is 0. The van der Waals surface area contributed by atoms with Crippen molar-refractivity contribution in [2.45, 2.75) is 13.1 Å². The molecule has 0 atom stereocenters. The highest BCUT2D eigenvalue weighted by Crippen LogP contribution is 2.13. The van der Waals surface area contributed by atoms with Crippen LogP contribution in [-0.4, -0.2) is 26.6 Å². The largest absolute Gasteiger partial charge is 0.411 e. The SMILES string of the molecule is CCOCC(F)(F)F.CF. The van der Waals surface area contributed by atoms with Gasteiger partial charge in [0.15, 0.2) is 0 Å². The zero-order valence-corrected chi connectivity index (χ0v) is 5.83. The molecule has 0 aromatic heterocycles. The highest BCUT2D eigenvalue weighted by Gasteiger charge is 2.26. The molecule has 5 heteroatoms. The van der Waals surface area contributed by atoms with Crippen LogP contribution in [0.4, 0.5) is 17.6 Å². The maximum absolute atomic E-state index is 11.1. The van der Waals surface area contributed by atoms with E-state index in [2.05, 4.69) is 4.74 Å². The smallest absolute Gasteiger partial charge is 0.372 e. The third-order valence-electron chi connectivity index (χ3n) is 0.470. The fraction of sp³-hybridized carbons (Fsp3) is 1.00. The van der Waals surface area contributed by atoms with Crippen LogP contribution in [0.2, 0.25) is 0 Å². The average molecular weight is 162 g/mol. The second-order valence-corrected chi connectivity index (χ2v) is 1.25. The van der Waals surface area contributed by atoms with Gasteiger partial charge in [-0.1, -0.05) is 0 Å². The van der Waals surface area contributed by atoms with E-state index in [1.807, 2.05) is 0 Å². The summed E-state index contributed by atoms with van der Waals surface area (Å²) in [6.45, 7) is 0.495. The molecule has 0 aliphatic heterocycles. The Morgan fingerprint density at radius 1 is 1.20 bits per heavy atom. The minimum absolute atomic E-state index is 0.111. The quantitative estimate of drug-likeness (QED) is 0.565.